The largest absolute Gasteiger partial charge is 0.513 e. The average molecular weight is 624 g/mol. The first-order valence-electron chi connectivity index (χ1n) is 15.8. The number of likely N-dealkylation sites (tertiary alicyclic amines) is 1. The van der Waals surface area contributed by atoms with Crippen LogP contribution in [-0.2, 0) is 19.0 Å². The minimum absolute atomic E-state index is 0.0139. The predicted octanol–water partition coefficient (Wildman–Crippen LogP) is 4.98. The Labute approximate surface area is 262 Å². The van der Waals surface area contributed by atoms with E-state index in [1.165, 1.54) is 24.3 Å². The van der Waals surface area contributed by atoms with Crippen molar-refractivity contribution in [2.45, 2.75) is 102 Å². The van der Waals surface area contributed by atoms with Crippen molar-refractivity contribution in [3.8, 4) is 17.6 Å². The number of nitrogens with zero attached hydrogens (tertiary/aromatic N) is 2. The molecule has 5 fully saturated rings. The van der Waals surface area contributed by atoms with Crippen molar-refractivity contribution in [2.75, 3.05) is 13.2 Å². The third-order valence-electron chi connectivity index (χ3n) is 9.96. The SMILES string of the molecule is C[C@@H]1C[C@@H]2C#C[C@@H]2N1C(=O)[C@@H](NC(=O)OC(C)(C)C)C12CC3C[C@H](CC(OCCOC(=O)Oc4ccc([N+](=O)[O-])cc4)(C3)C1)C2. The molecule has 8 atom stereocenters. The zero-order valence-corrected chi connectivity index (χ0v) is 26.2. The number of ether oxygens (including phenoxy) is 4. The molecule has 1 aliphatic heterocycles. The number of hydrogen-bond donors (Lipinski definition) is 1. The van der Waals surface area contributed by atoms with E-state index >= 15 is 0 Å². The predicted molar refractivity (Wildman–Crippen MR) is 160 cm³/mol. The maximum Gasteiger partial charge on any atom is 0.513 e. The van der Waals surface area contributed by atoms with Crippen LogP contribution in [0.15, 0.2) is 24.3 Å². The fourth-order valence-electron chi connectivity index (χ4n) is 8.79. The van der Waals surface area contributed by atoms with E-state index in [1.807, 2.05) is 11.8 Å². The molecule has 45 heavy (non-hydrogen) atoms. The molecule has 0 spiro atoms. The van der Waals surface area contributed by atoms with Crippen molar-refractivity contribution in [3.05, 3.63) is 34.4 Å². The molecule has 1 saturated heterocycles. The van der Waals surface area contributed by atoms with Crippen LogP contribution in [0.25, 0.3) is 0 Å². The summed E-state index contributed by atoms with van der Waals surface area (Å²) in [5.74, 6) is 7.28. The van der Waals surface area contributed by atoms with Crippen LogP contribution in [0.3, 0.4) is 0 Å². The highest BCUT2D eigenvalue weighted by atomic mass is 16.7. The minimum Gasteiger partial charge on any atom is -0.444 e. The number of nitrogens with one attached hydrogen (secondary N) is 1. The van der Waals surface area contributed by atoms with Crippen molar-refractivity contribution in [1.82, 2.24) is 10.2 Å². The summed E-state index contributed by atoms with van der Waals surface area (Å²) in [5.41, 5.74) is -1.82. The zero-order valence-electron chi connectivity index (χ0n) is 26.2. The van der Waals surface area contributed by atoms with Crippen LogP contribution in [0.2, 0.25) is 0 Å². The Hall–Kier alpha value is -3.85. The smallest absolute Gasteiger partial charge is 0.444 e. The molecule has 4 bridgehead atoms. The van der Waals surface area contributed by atoms with Gasteiger partial charge in [-0.15, -0.1) is 0 Å². The lowest BCUT2D eigenvalue weighted by Crippen LogP contribution is -2.67. The van der Waals surface area contributed by atoms with E-state index in [0.29, 0.717) is 18.3 Å². The van der Waals surface area contributed by atoms with Gasteiger partial charge >= 0.3 is 12.2 Å². The highest BCUT2D eigenvalue weighted by Gasteiger charge is 2.63. The lowest BCUT2D eigenvalue weighted by Gasteiger charge is -2.63. The van der Waals surface area contributed by atoms with Gasteiger partial charge in [0.2, 0.25) is 5.91 Å². The van der Waals surface area contributed by atoms with Crippen molar-refractivity contribution in [1.29, 1.82) is 0 Å². The quantitative estimate of drug-likeness (QED) is 0.100. The maximum atomic E-state index is 14.4. The standard InChI is InChI=1S/C33H41N3O9/c1-20-13-23-5-10-26(23)35(20)28(37)27(34-29(38)45-31(2,3)4)32-15-21-14-22(16-32)18-33(17-21,19-32)43-12-11-42-30(39)44-25-8-6-24(7-9-25)36(40)41/h6-9,20-23,26-27H,11-19H2,1-4H3,(H,34,38)/t20-,21+,22?,23+,26+,27-,32?,33?/m1/s1. The van der Waals surface area contributed by atoms with E-state index in [0.717, 1.165) is 38.5 Å². The first-order chi connectivity index (χ1) is 21.2. The lowest BCUT2D eigenvalue weighted by molar-refractivity contribution is -0.384. The van der Waals surface area contributed by atoms with E-state index in [-0.39, 0.29) is 48.6 Å². The van der Waals surface area contributed by atoms with Gasteiger partial charge in [0.25, 0.3) is 5.69 Å². The number of non-ortho nitro benzene ring substituents is 1. The fourth-order valence-corrected chi connectivity index (χ4v) is 8.79. The molecule has 4 saturated carbocycles. The van der Waals surface area contributed by atoms with E-state index in [4.69, 9.17) is 18.9 Å². The minimum atomic E-state index is -0.932. The molecule has 242 valence electrons. The summed E-state index contributed by atoms with van der Waals surface area (Å²) in [4.78, 5) is 52.1. The Kier molecular flexibility index (Phi) is 7.96. The number of carbonyl (C=O) groups excluding carboxylic acids is 3. The Bertz CT molecular complexity index is 1410. The summed E-state index contributed by atoms with van der Waals surface area (Å²) in [6.45, 7) is 7.56. The summed E-state index contributed by atoms with van der Waals surface area (Å²) < 4.78 is 22.5. The number of alkyl carbamates (subject to hydrolysis) is 1. The second-order valence-electron chi connectivity index (χ2n) is 14.6. The number of rotatable bonds is 9. The van der Waals surface area contributed by atoms with Gasteiger partial charge in [0.05, 0.1) is 23.0 Å². The molecule has 0 aromatic heterocycles. The Morgan fingerprint density at radius 1 is 1.07 bits per heavy atom. The van der Waals surface area contributed by atoms with Crippen LogP contribution >= 0.6 is 0 Å². The van der Waals surface area contributed by atoms with Gasteiger partial charge in [-0.25, -0.2) is 9.59 Å². The normalized spacial score (nSPS) is 32.8. The number of carbonyl (C=O) groups is 3. The van der Waals surface area contributed by atoms with Crippen LogP contribution in [0, 0.1) is 45.1 Å². The van der Waals surface area contributed by atoms with Crippen LogP contribution in [0.4, 0.5) is 15.3 Å². The average Bonchev–Trinajstić information content (AvgIpc) is 3.15. The van der Waals surface area contributed by atoms with Crippen LogP contribution < -0.4 is 10.1 Å². The molecule has 12 nitrogen and oxygen atoms in total. The Morgan fingerprint density at radius 3 is 2.33 bits per heavy atom. The van der Waals surface area contributed by atoms with Crippen LogP contribution in [-0.4, -0.2) is 70.5 Å². The second kappa shape index (κ2) is 11.5. The van der Waals surface area contributed by atoms with Gasteiger partial charge in [0.15, 0.2) is 0 Å². The molecule has 1 N–H and O–H groups in total. The summed E-state index contributed by atoms with van der Waals surface area (Å²) in [7, 11) is 0. The molecule has 2 amide bonds. The van der Waals surface area contributed by atoms with Gasteiger partial charge in [-0.1, -0.05) is 11.8 Å². The monoisotopic (exact) mass is 623 g/mol. The van der Waals surface area contributed by atoms with Crippen molar-refractivity contribution in [2.24, 2.45) is 23.2 Å². The van der Waals surface area contributed by atoms with E-state index < -0.39 is 39.8 Å². The van der Waals surface area contributed by atoms with E-state index in [9.17, 15) is 24.5 Å². The van der Waals surface area contributed by atoms with E-state index in [2.05, 4.69) is 17.2 Å². The first-order valence-corrected chi connectivity index (χ1v) is 15.8. The van der Waals surface area contributed by atoms with E-state index in [1.54, 1.807) is 20.8 Å². The maximum absolute atomic E-state index is 14.4. The first kappa shape index (κ1) is 31.1. The molecule has 1 aromatic rings. The second-order valence-corrected chi connectivity index (χ2v) is 14.6. The van der Waals surface area contributed by atoms with Gasteiger partial charge in [0, 0.05) is 23.6 Å². The highest BCUT2D eigenvalue weighted by molar-refractivity contribution is 5.88. The van der Waals surface area contributed by atoms with Crippen LogP contribution in [0.1, 0.15) is 72.6 Å². The molecule has 1 aromatic carbocycles. The van der Waals surface area contributed by atoms with Crippen molar-refractivity contribution >= 4 is 23.8 Å². The molecule has 1 heterocycles. The van der Waals surface area contributed by atoms with Crippen molar-refractivity contribution < 1.29 is 38.3 Å². The number of fused-ring (bicyclic) bond motifs is 1. The summed E-state index contributed by atoms with van der Waals surface area (Å²) in [5, 5.41) is 13.9. The highest BCUT2D eigenvalue weighted by Crippen LogP contribution is 2.64. The topological polar surface area (TPSA) is 147 Å². The Balaban J connectivity index is 1.14. The third-order valence-corrected chi connectivity index (χ3v) is 9.96. The van der Waals surface area contributed by atoms with Crippen LogP contribution in [0.5, 0.6) is 5.75 Å². The van der Waals surface area contributed by atoms with Crippen molar-refractivity contribution in [3.63, 3.8) is 0 Å². The van der Waals surface area contributed by atoms with Gasteiger partial charge in [-0.2, -0.15) is 0 Å². The van der Waals surface area contributed by atoms with Gasteiger partial charge < -0.3 is 29.2 Å². The summed E-state index contributed by atoms with van der Waals surface area (Å²) in [6, 6.07) is 4.28. The number of hydrogen-bond acceptors (Lipinski definition) is 9. The molecule has 5 aliphatic carbocycles. The lowest BCUT2D eigenvalue weighted by atomic mass is 9.46. The third kappa shape index (κ3) is 6.32. The van der Waals surface area contributed by atoms with Gasteiger partial charge in [-0.3, -0.25) is 14.9 Å². The molecular formula is C33H41N3O9. The Morgan fingerprint density at radius 2 is 1.76 bits per heavy atom. The van der Waals surface area contributed by atoms with Gasteiger partial charge in [-0.05, 0) is 96.6 Å². The molecule has 6 aliphatic rings. The van der Waals surface area contributed by atoms with Gasteiger partial charge in [0.1, 0.15) is 30.0 Å². The number of amides is 2. The molecule has 0 radical (unpaired) electrons. The fraction of sp³-hybridized carbons (Fsp3) is 0.667. The summed E-state index contributed by atoms with van der Waals surface area (Å²) in [6.07, 6.45) is 4.31. The number of benzene rings is 1. The molecule has 7 rings (SSSR count). The summed E-state index contributed by atoms with van der Waals surface area (Å²) >= 11 is 0. The number of nitro benzene ring substituents is 1. The number of nitro groups is 1. The molecule has 12 heteroatoms. The zero-order chi connectivity index (χ0) is 32.1. The molecular weight excluding hydrogens is 582 g/mol. The molecule has 3 unspecified atom stereocenters.